The Labute approximate surface area is 112 Å². The molecule has 0 spiro atoms. The van der Waals surface area contributed by atoms with Crippen LogP contribution >= 0.6 is 27.5 Å². The molecule has 0 aromatic heterocycles. The van der Waals surface area contributed by atoms with E-state index in [4.69, 9.17) is 16.7 Å². The molecule has 0 bridgehead atoms. The summed E-state index contributed by atoms with van der Waals surface area (Å²) in [5, 5.41) is 9.52. The number of carbonyl (C=O) groups is 1. The summed E-state index contributed by atoms with van der Waals surface area (Å²) >= 11 is 9.51. The number of rotatable bonds is 2. The maximum Gasteiger partial charge on any atom is 0.335 e. The second-order valence-electron chi connectivity index (χ2n) is 3.49. The van der Waals surface area contributed by atoms with Gasteiger partial charge in [0.15, 0.2) is 0 Å². The molecular weight excluding hydrogens is 303 g/mol. The molecule has 2 nitrogen and oxygen atoms in total. The third kappa shape index (κ3) is 2.51. The molecule has 0 fully saturated rings. The Morgan fingerprint density at radius 2 is 1.88 bits per heavy atom. The van der Waals surface area contributed by atoms with Crippen molar-refractivity contribution >= 4 is 33.5 Å². The van der Waals surface area contributed by atoms with Gasteiger partial charge in [-0.1, -0.05) is 35.9 Å². The number of hydrogen-bond acceptors (Lipinski definition) is 1. The van der Waals surface area contributed by atoms with Crippen molar-refractivity contribution in [2.75, 3.05) is 0 Å². The minimum Gasteiger partial charge on any atom is -0.478 e. The largest absolute Gasteiger partial charge is 0.478 e. The number of halogens is 2. The molecule has 0 aliphatic rings. The van der Waals surface area contributed by atoms with E-state index in [0.29, 0.717) is 5.02 Å². The minimum absolute atomic E-state index is 0.249. The van der Waals surface area contributed by atoms with Crippen molar-refractivity contribution in [2.45, 2.75) is 0 Å². The quantitative estimate of drug-likeness (QED) is 0.888. The Kier molecular flexibility index (Phi) is 3.50. The van der Waals surface area contributed by atoms with Crippen molar-refractivity contribution in [3.8, 4) is 11.1 Å². The molecule has 0 saturated carbocycles. The van der Waals surface area contributed by atoms with Crippen LogP contribution in [-0.2, 0) is 0 Å². The molecule has 86 valence electrons. The number of carboxylic acids is 1. The minimum atomic E-state index is -0.946. The summed E-state index contributed by atoms with van der Waals surface area (Å²) in [7, 11) is 0. The average molecular weight is 312 g/mol. The molecule has 4 heteroatoms. The first-order valence-electron chi connectivity index (χ1n) is 4.87. The Morgan fingerprint density at radius 3 is 2.59 bits per heavy atom. The number of hydrogen-bond donors (Lipinski definition) is 1. The summed E-state index contributed by atoms with van der Waals surface area (Å²) in [5.41, 5.74) is 1.85. The van der Waals surface area contributed by atoms with Crippen molar-refractivity contribution in [1.82, 2.24) is 0 Å². The second-order valence-corrected chi connectivity index (χ2v) is 4.72. The molecule has 2 aromatic rings. The van der Waals surface area contributed by atoms with Gasteiger partial charge in [-0.15, -0.1) is 0 Å². The zero-order valence-corrected chi connectivity index (χ0v) is 11.0. The van der Waals surface area contributed by atoms with Gasteiger partial charge in [-0.25, -0.2) is 4.79 Å². The highest BCUT2D eigenvalue weighted by Crippen LogP contribution is 2.33. The molecule has 0 heterocycles. The van der Waals surface area contributed by atoms with Gasteiger partial charge in [0, 0.05) is 10.0 Å². The zero-order valence-electron chi connectivity index (χ0n) is 8.65. The van der Waals surface area contributed by atoms with E-state index in [0.717, 1.165) is 15.6 Å². The van der Waals surface area contributed by atoms with Crippen LogP contribution in [0, 0.1) is 0 Å². The summed E-state index contributed by atoms with van der Waals surface area (Å²) in [6, 6.07) is 12.3. The fraction of sp³-hybridized carbons (Fsp3) is 0. The van der Waals surface area contributed by atoms with Crippen molar-refractivity contribution in [3.05, 3.63) is 57.5 Å². The summed E-state index contributed by atoms with van der Waals surface area (Å²) in [6.45, 7) is 0. The van der Waals surface area contributed by atoms with Gasteiger partial charge in [0.05, 0.1) is 10.6 Å². The molecule has 1 N–H and O–H groups in total. The molecule has 0 saturated heterocycles. The summed E-state index contributed by atoms with van der Waals surface area (Å²) in [5.74, 6) is -0.946. The van der Waals surface area contributed by atoms with Gasteiger partial charge in [-0.3, -0.25) is 0 Å². The number of aromatic carboxylic acids is 1. The van der Waals surface area contributed by atoms with Crippen LogP contribution in [0.3, 0.4) is 0 Å². The first-order chi connectivity index (χ1) is 8.09. The van der Waals surface area contributed by atoms with Gasteiger partial charge in [-0.05, 0) is 39.7 Å². The highest BCUT2D eigenvalue weighted by Gasteiger charge is 2.09. The first kappa shape index (κ1) is 12.1. The summed E-state index contributed by atoms with van der Waals surface area (Å²) in [6.07, 6.45) is 0. The van der Waals surface area contributed by atoms with E-state index < -0.39 is 5.97 Å². The first-order valence-corrected chi connectivity index (χ1v) is 6.04. The topological polar surface area (TPSA) is 37.3 Å². The lowest BCUT2D eigenvalue weighted by atomic mass is 10.0. The van der Waals surface area contributed by atoms with Crippen molar-refractivity contribution in [3.63, 3.8) is 0 Å². The van der Waals surface area contributed by atoms with Crippen molar-refractivity contribution < 1.29 is 9.90 Å². The van der Waals surface area contributed by atoms with Crippen molar-refractivity contribution in [1.29, 1.82) is 0 Å². The molecule has 0 radical (unpaired) electrons. The van der Waals surface area contributed by atoms with E-state index in [2.05, 4.69) is 15.9 Å². The maximum atomic E-state index is 10.9. The van der Waals surface area contributed by atoms with Gasteiger partial charge in [-0.2, -0.15) is 0 Å². The van der Waals surface area contributed by atoms with Crippen LogP contribution < -0.4 is 0 Å². The summed E-state index contributed by atoms with van der Waals surface area (Å²) < 4.78 is 0.789. The van der Waals surface area contributed by atoms with Crippen LogP contribution in [0.25, 0.3) is 11.1 Å². The predicted octanol–water partition coefficient (Wildman–Crippen LogP) is 4.47. The zero-order chi connectivity index (χ0) is 12.4. The fourth-order valence-electron chi connectivity index (χ4n) is 1.55. The van der Waals surface area contributed by atoms with Crippen molar-refractivity contribution in [2.24, 2.45) is 0 Å². The molecule has 0 amide bonds. The molecular formula is C13H8BrClO2. The fourth-order valence-corrected chi connectivity index (χ4v) is 2.15. The van der Waals surface area contributed by atoms with Crippen LogP contribution in [0.2, 0.25) is 5.02 Å². The van der Waals surface area contributed by atoms with Crippen LogP contribution in [0.1, 0.15) is 10.4 Å². The van der Waals surface area contributed by atoms with E-state index in [-0.39, 0.29) is 5.56 Å². The standard InChI is InChI=1S/C13H8BrClO2/c14-11-6-2-5-10(12(11)15)8-3-1-4-9(7-8)13(16)17/h1-7H,(H,16,17). The van der Waals surface area contributed by atoms with Crippen LogP contribution in [0.15, 0.2) is 46.9 Å². The third-order valence-electron chi connectivity index (χ3n) is 2.37. The van der Waals surface area contributed by atoms with Gasteiger partial charge in [0.25, 0.3) is 0 Å². The van der Waals surface area contributed by atoms with E-state index >= 15 is 0 Å². The Balaban J connectivity index is 2.57. The maximum absolute atomic E-state index is 10.9. The van der Waals surface area contributed by atoms with Gasteiger partial charge in [0.1, 0.15) is 0 Å². The van der Waals surface area contributed by atoms with Gasteiger partial charge >= 0.3 is 5.97 Å². The normalized spacial score (nSPS) is 10.2. The highest BCUT2D eigenvalue weighted by atomic mass is 79.9. The highest BCUT2D eigenvalue weighted by molar-refractivity contribution is 9.10. The Hall–Kier alpha value is -1.32. The second kappa shape index (κ2) is 4.90. The molecule has 2 rings (SSSR count). The Bertz CT molecular complexity index is 581. The smallest absolute Gasteiger partial charge is 0.335 e. The molecule has 0 unspecified atom stereocenters. The molecule has 0 aliphatic carbocycles. The lowest BCUT2D eigenvalue weighted by Crippen LogP contribution is -1.95. The monoisotopic (exact) mass is 310 g/mol. The molecule has 0 aliphatic heterocycles. The Morgan fingerprint density at radius 1 is 1.18 bits per heavy atom. The van der Waals surface area contributed by atoms with Crippen LogP contribution in [0.5, 0.6) is 0 Å². The molecule has 17 heavy (non-hydrogen) atoms. The van der Waals surface area contributed by atoms with E-state index in [1.807, 2.05) is 24.3 Å². The lowest BCUT2D eigenvalue weighted by Gasteiger charge is -2.06. The lowest BCUT2D eigenvalue weighted by molar-refractivity contribution is 0.0697. The summed E-state index contributed by atoms with van der Waals surface area (Å²) in [4.78, 5) is 10.9. The van der Waals surface area contributed by atoms with E-state index in [1.54, 1.807) is 18.2 Å². The van der Waals surface area contributed by atoms with Crippen LogP contribution in [0.4, 0.5) is 0 Å². The van der Waals surface area contributed by atoms with Crippen LogP contribution in [-0.4, -0.2) is 11.1 Å². The van der Waals surface area contributed by atoms with E-state index in [9.17, 15) is 4.79 Å². The number of benzene rings is 2. The number of carboxylic acid groups (broad SMARTS) is 1. The van der Waals surface area contributed by atoms with E-state index in [1.165, 1.54) is 0 Å². The van der Waals surface area contributed by atoms with Gasteiger partial charge < -0.3 is 5.11 Å². The average Bonchev–Trinajstić information content (AvgIpc) is 2.33. The van der Waals surface area contributed by atoms with Gasteiger partial charge in [0.2, 0.25) is 0 Å². The predicted molar refractivity (Wildman–Crippen MR) is 71.5 cm³/mol. The molecule has 2 aromatic carbocycles. The molecule has 0 atom stereocenters. The SMILES string of the molecule is O=C(O)c1cccc(-c2cccc(Br)c2Cl)c1. The third-order valence-corrected chi connectivity index (χ3v) is 3.67.